The van der Waals surface area contributed by atoms with Gasteiger partial charge in [0.05, 0.1) is 20.3 Å². The Morgan fingerprint density at radius 2 is 1.58 bits per heavy atom. The Morgan fingerprint density at radius 1 is 0.962 bits per heavy atom. The predicted octanol–water partition coefficient (Wildman–Crippen LogP) is 2.99. The number of hydrogen-bond donors (Lipinski definition) is 1. The largest absolute Gasteiger partial charge is 0.496 e. The van der Waals surface area contributed by atoms with Crippen molar-refractivity contribution >= 4 is 10.0 Å². The van der Waals surface area contributed by atoms with E-state index >= 15 is 0 Å². The molecule has 0 aliphatic rings. The SMILES string of the molecule is COc1ccccc1[C@@H](CNS(=O)(=O)c1cc(C)c(C)cc1OC)OC. The molecule has 0 amide bonds. The van der Waals surface area contributed by atoms with E-state index in [2.05, 4.69) is 4.72 Å². The zero-order valence-corrected chi connectivity index (χ0v) is 16.5. The van der Waals surface area contributed by atoms with Gasteiger partial charge in [-0.15, -0.1) is 0 Å². The molecule has 2 aromatic carbocycles. The highest BCUT2D eigenvalue weighted by atomic mass is 32.2. The second-order valence-electron chi connectivity index (χ2n) is 5.91. The fourth-order valence-electron chi connectivity index (χ4n) is 2.65. The third-order valence-corrected chi connectivity index (χ3v) is 5.74. The van der Waals surface area contributed by atoms with Gasteiger partial charge in [-0.25, -0.2) is 13.1 Å². The van der Waals surface area contributed by atoms with Crippen molar-refractivity contribution in [2.45, 2.75) is 24.8 Å². The lowest BCUT2D eigenvalue weighted by Gasteiger charge is -2.20. The monoisotopic (exact) mass is 379 g/mol. The van der Waals surface area contributed by atoms with Crippen LogP contribution in [0.1, 0.15) is 22.8 Å². The first-order valence-electron chi connectivity index (χ1n) is 8.14. The summed E-state index contributed by atoms with van der Waals surface area (Å²) in [6, 6.07) is 10.7. The van der Waals surface area contributed by atoms with Gasteiger partial charge in [-0.2, -0.15) is 0 Å². The molecule has 0 saturated carbocycles. The molecule has 0 aliphatic carbocycles. The molecule has 0 aliphatic heterocycles. The van der Waals surface area contributed by atoms with Crippen LogP contribution in [-0.2, 0) is 14.8 Å². The van der Waals surface area contributed by atoms with Gasteiger partial charge in [0, 0.05) is 19.2 Å². The molecular formula is C19H25NO5S. The molecule has 1 N–H and O–H groups in total. The highest BCUT2D eigenvalue weighted by Gasteiger charge is 2.23. The number of benzene rings is 2. The lowest BCUT2D eigenvalue weighted by atomic mass is 10.1. The number of nitrogens with one attached hydrogen (secondary N) is 1. The molecule has 142 valence electrons. The Morgan fingerprint density at radius 3 is 2.19 bits per heavy atom. The first-order chi connectivity index (χ1) is 12.3. The van der Waals surface area contributed by atoms with Crippen LogP contribution >= 0.6 is 0 Å². The summed E-state index contributed by atoms with van der Waals surface area (Å²) in [5.74, 6) is 0.953. The molecule has 0 fully saturated rings. The standard InChI is InChI=1S/C19H25NO5S/c1-13-10-17(24-4)19(11-14(13)2)26(21,22)20-12-18(25-5)15-8-6-7-9-16(15)23-3/h6-11,18,20H,12H2,1-5H3/t18-/m1/s1. The van der Waals surface area contributed by atoms with E-state index in [1.807, 2.05) is 38.1 Å². The van der Waals surface area contributed by atoms with Gasteiger partial charge in [0.2, 0.25) is 10.0 Å². The van der Waals surface area contributed by atoms with Crippen molar-refractivity contribution in [3.05, 3.63) is 53.1 Å². The van der Waals surface area contributed by atoms with E-state index in [0.29, 0.717) is 11.5 Å². The molecule has 0 spiro atoms. The number of ether oxygens (including phenoxy) is 3. The topological polar surface area (TPSA) is 73.9 Å². The van der Waals surface area contributed by atoms with Crippen molar-refractivity contribution < 1.29 is 22.6 Å². The Balaban J connectivity index is 2.28. The van der Waals surface area contributed by atoms with Crippen LogP contribution in [0.15, 0.2) is 41.3 Å². The third-order valence-electron chi connectivity index (χ3n) is 4.30. The molecule has 0 radical (unpaired) electrons. The highest BCUT2D eigenvalue weighted by Crippen LogP contribution is 2.29. The van der Waals surface area contributed by atoms with Gasteiger partial charge in [-0.05, 0) is 43.2 Å². The van der Waals surface area contributed by atoms with Gasteiger partial charge >= 0.3 is 0 Å². The summed E-state index contributed by atoms with van der Waals surface area (Å²) in [6.45, 7) is 3.83. The molecule has 0 bridgehead atoms. The zero-order valence-electron chi connectivity index (χ0n) is 15.7. The van der Waals surface area contributed by atoms with Crippen molar-refractivity contribution in [2.75, 3.05) is 27.9 Å². The minimum atomic E-state index is -3.77. The molecule has 0 heterocycles. The minimum Gasteiger partial charge on any atom is -0.496 e. The molecule has 7 heteroatoms. The van der Waals surface area contributed by atoms with Crippen LogP contribution in [0.5, 0.6) is 11.5 Å². The molecule has 0 aromatic heterocycles. The quantitative estimate of drug-likeness (QED) is 0.763. The van der Waals surface area contributed by atoms with Crippen LogP contribution in [0.2, 0.25) is 0 Å². The molecule has 2 rings (SSSR count). The second kappa shape index (κ2) is 8.53. The van der Waals surface area contributed by atoms with Crippen LogP contribution in [0.3, 0.4) is 0 Å². The van der Waals surface area contributed by atoms with Crippen molar-refractivity contribution in [1.29, 1.82) is 0 Å². The van der Waals surface area contributed by atoms with E-state index in [-0.39, 0.29) is 11.4 Å². The molecule has 2 aromatic rings. The number of hydrogen-bond acceptors (Lipinski definition) is 5. The Labute approximate surface area is 155 Å². The fraction of sp³-hybridized carbons (Fsp3) is 0.368. The van der Waals surface area contributed by atoms with Gasteiger partial charge in [-0.1, -0.05) is 18.2 Å². The molecule has 1 atom stereocenters. The summed E-state index contributed by atoms with van der Waals surface area (Å²) < 4.78 is 44.3. The van der Waals surface area contributed by atoms with E-state index < -0.39 is 16.1 Å². The average molecular weight is 379 g/mol. The lowest BCUT2D eigenvalue weighted by molar-refractivity contribution is 0.105. The van der Waals surface area contributed by atoms with E-state index in [1.54, 1.807) is 19.2 Å². The summed E-state index contributed by atoms with van der Waals surface area (Å²) in [6.07, 6.45) is -0.488. The summed E-state index contributed by atoms with van der Waals surface area (Å²) in [7, 11) is 0.778. The van der Waals surface area contributed by atoms with Crippen molar-refractivity contribution in [2.24, 2.45) is 0 Å². The number of rotatable bonds is 8. The maximum absolute atomic E-state index is 12.8. The van der Waals surface area contributed by atoms with Gasteiger partial charge in [0.25, 0.3) is 0 Å². The molecule has 26 heavy (non-hydrogen) atoms. The minimum absolute atomic E-state index is 0.0648. The van der Waals surface area contributed by atoms with Crippen LogP contribution in [0.25, 0.3) is 0 Å². The van der Waals surface area contributed by atoms with E-state index in [0.717, 1.165) is 16.7 Å². The first kappa shape index (κ1) is 20.2. The fourth-order valence-corrected chi connectivity index (χ4v) is 3.91. The van der Waals surface area contributed by atoms with Crippen LogP contribution in [0, 0.1) is 13.8 Å². The summed E-state index contributed by atoms with van der Waals surface area (Å²) in [4.78, 5) is 0.109. The molecule has 6 nitrogen and oxygen atoms in total. The lowest BCUT2D eigenvalue weighted by Crippen LogP contribution is -2.30. The van der Waals surface area contributed by atoms with Gasteiger partial charge < -0.3 is 14.2 Å². The average Bonchev–Trinajstić information content (AvgIpc) is 2.64. The van der Waals surface area contributed by atoms with E-state index in [1.165, 1.54) is 14.2 Å². The molecule has 0 unspecified atom stereocenters. The molecule has 0 saturated heterocycles. The Hall–Kier alpha value is -2.09. The zero-order chi connectivity index (χ0) is 19.3. The third kappa shape index (κ3) is 4.35. The van der Waals surface area contributed by atoms with Gasteiger partial charge in [0.15, 0.2) is 0 Å². The van der Waals surface area contributed by atoms with E-state index in [9.17, 15) is 8.42 Å². The normalized spacial score (nSPS) is 12.7. The van der Waals surface area contributed by atoms with Crippen molar-refractivity contribution in [1.82, 2.24) is 4.72 Å². The van der Waals surface area contributed by atoms with Gasteiger partial charge in [0.1, 0.15) is 16.4 Å². The number of aryl methyl sites for hydroxylation is 2. The highest BCUT2D eigenvalue weighted by molar-refractivity contribution is 7.89. The van der Waals surface area contributed by atoms with Crippen molar-refractivity contribution in [3.63, 3.8) is 0 Å². The summed E-state index contributed by atoms with van der Waals surface area (Å²) in [5, 5.41) is 0. The predicted molar refractivity (Wildman–Crippen MR) is 100 cm³/mol. The maximum Gasteiger partial charge on any atom is 0.244 e. The number of para-hydroxylation sites is 1. The number of sulfonamides is 1. The maximum atomic E-state index is 12.8. The summed E-state index contributed by atoms with van der Waals surface area (Å²) >= 11 is 0. The number of methoxy groups -OCH3 is 3. The second-order valence-corrected chi connectivity index (χ2v) is 7.64. The van der Waals surface area contributed by atoms with Crippen LogP contribution in [0.4, 0.5) is 0 Å². The van der Waals surface area contributed by atoms with E-state index in [4.69, 9.17) is 14.2 Å². The molecular weight excluding hydrogens is 354 g/mol. The first-order valence-corrected chi connectivity index (χ1v) is 9.63. The van der Waals surface area contributed by atoms with Gasteiger partial charge in [-0.3, -0.25) is 0 Å². The Bertz CT molecular complexity index is 864. The van der Waals surface area contributed by atoms with Crippen LogP contribution in [-0.4, -0.2) is 36.3 Å². The van der Waals surface area contributed by atoms with Crippen molar-refractivity contribution in [3.8, 4) is 11.5 Å². The Kier molecular flexibility index (Phi) is 6.63. The smallest absolute Gasteiger partial charge is 0.244 e. The summed E-state index contributed by atoms with van der Waals surface area (Å²) in [5.41, 5.74) is 2.61. The van der Waals surface area contributed by atoms with Crippen LogP contribution < -0.4 is 14.2 Å².